The summed E-state index contributed by atoms with van der Waals surface area (Å²) in [5.41, 5.74) is 1.54. The highest BCUT2D eigenvalue weighted by Crippen LogP contribution is 2.23. The van der Waals surface area contributed by atoms with Gasteiger partial charge in [-0.3, -0.25) is 9.69 Å². The smallest absolute Gasteiger partial charge is 0.305 e. The average molecular weight is 259 g/mol. The Hall–Kier alpha value is -2.06. The Morgan fingerprint density at radius 2 is 2.21 bits per heavy atom. The first-order chi connectivity index (χ1) is 9.11. The minimum atomic E-state index is -0.785. The Bertz CT molecular complexity index is 510. The van der Waals surface area contributed by atoms with E-state index in [1.165, 1.54) is 0 Å². The Kier molecular flexibility index (Phi) is 4.03. The number of para-hydroxylation sites is 1. The normalized spacial score (nSPS) is 20.0. The third-order valence-corrected chi connectivity index (χ3v) is 3.55. The van der Waals surface area contributed by atoms with Gasteiger partial charge < -0.3 is 10.0 Å². The standard InChI is InChI=1S/C14H17N3O2/c1-16-6-7-17(10-12(16)8-14(18)19)13-5-3-2-4-11(13)9-15/h2-5,12H,6-8,10H2,1H3,(H,18,19). The van der Waals surface area contributed by atoms with Crippen LogP contribution in [0.2, 0.25) is 0 Å². The number of nitrogens with zero attached hydrogens (tertiary/aromatic N) is 3. The predicted molar refractivity (Wildman–Crippen MR) is 72.0 cm³/mol. The van der Waals surface area contributed by atoms with Crippen LogP contribution < -0.4 is 4.90 Å². The van der Waals surface area contributed by atoms with Crippen molar-refractivity contribution < 1.29 is 9.90 Å². The molecule has 0 saturated carbocycles. The molecule has 1 heterocycles. The average Bonchev–Trinajstić information content (AvgIpc) is 2.41. The Morgan fingerprint density at radius 3 is 2.89 bits per heavy atom. The Labute approximate surface area is 112 Å². The summed E-state index contributed by atoms with van der Waals surface area (Å²) in [5.74, 6) is -0.785. The van der Waals surface area contributed by atoms with Crippen LogP contribution in [0.3, 0.4) is 0 Å². The summed E-state index contributed by atoms with van der Waals surface area (Å²) >= 11 is 0. The fourth-order valence-electron chi connectivity index (χ4n) is 2.43. The molecule has 1 unspecified atom stereocenters. The molecule has 0 bridgehead atoms. The first-order valence-electron chi connectivity index (χ1n) is 6.28. The molecular weight excluding hydrogens is 242 g/mol. The van der Waals surface area contributed by atoms with Gasteiger partial charge in [-0.2, -0.15) is 5.26 Å². The fourth-order valence-corrected chi connectivity index (χ4v) is 2.43. The van der Waals surface area contributed by atoms with Gasteiger partial charge in [-0.15, -0.1) is 0 Å². The second kappa shape index (κ2) is 5.72. The van der Waals surface area contributed by atoms with Gasteiger partial charge in [0.25, 0.3) is 0 Å². The molecule has 0 amide bonds. The number of hydrogen-bond donors (Lipinski definition) is 1. The molecule has 1 saturated heterocycles. The van der Waals surface area contributed by atoms with E-state index in [-0.39, 0.29) is 12.5 Å². The van der Waals surface area contributed by atoms with E-state index in [1.54, 1.807) is 6.07 Å². The number of piperazine rings is 1. The summed E-state index contributed by atoms with van der Waals surface area (Å²) in [6.45, 7) is 2.25. The highest BCUT2D eigenvalue weighted by Gasteiger charge is 2.27. The predicted octanol–water partition coefficient (Wildman–Crippen LogP) is 1.15. The Morgan fingerprint density at radius 1 is 1.47 bits per heavy atom. The second-order valence-corrected chi connectivity index (χ2v) is 4.81. The molecule has 100 valence electrons. The topological polar surface area (TPSA) is 67.6 Å². The number of benzene rings is 1. The summed E-state index contributed by atoms with van der Waals surface area (Å²) < 4.78 is 0. The maximum atomic E-state index is 10.9. The number of aliphatic carboxylic acids is 1. The van der Waals surface area contributed by atoms with Gasteiger partial charge in [0.2, 0.25) is 0 Å². The van der Waals surface area contributed by atoms with Crippen molar-refractivity contribution in [2.45, 2.75) is 12.5 Å². The molecule has 1 aromatic rings. The molecule has 1 fully saturated rings. The van der Waals surface area contributed by atoms with Gasteiger partial charge in [0.15, 0.2) is 0 Å². The summed E-state index contributed by atoms with van der Waals surface area (Å²) in [5, 5.41) is 18.1. The zero-order valence-electron chi connectivity index (χ0n) is 10.9. The number of rotatable bonds is 3. The maximum absolute atomic E-state index is 10.9. The van der Waals surface area contributed by atoms with E-state index in [4.69, 9.17) is 10.4 Å². The number of carboxylic acids is 1. The van der Waals surface area contributed by atoms with Crippen molar-refractivity contribution >= 4 is 11.7 Å². The molecule has 1 N–H and O–H groups in total. The van der Waals surface area contributed by atoms with Crippen molar-refractivity contribution in [2.75, 3.05) is 31.6 Å². The van der Waals surface area contributed by atoms with Gasteiger partial charge in [-0.05, 0) is 19.2 Å². The van der Waals surface area contributed by atoms with Crippen LogP contribution in [0.4, 0.5) is 5.69 Å². The first-order valence-corrected chi connectivity index (χ1v) is 6.28. The van der Waals surface area contributed by atoms with Gasteiger partial charge in [-0.1, -0.05) is 12.1 Å². The number of carboxylic acid groups (broad SMARTS) is 1. The summed E-state index contributed by atoms with van der Waals surface area (Å²) in [7, 11) is 1.95. The number of hydrogen-bond acceptors (Lipinski definition) is 4. The minimum Gasteiger partial charge on any atom is -0.481 e. The van der Waals surface area contributed by atoms with E-state index >= 15 is 0 Å². The van der Waals surface area contributed by atoms with Gasteiger partial charge in [0.1, 0.15) is 6.07 Å². The molecule has 0 aliphatic carbocycles. The summed E-state index contributed by atoms with van der Waals surface area (Å²) in [6.07, 6.45) is 0.127. The third kappa shape index (κ3) is 3.04. The molecule has 1 aliphatic rings. The second-order valence-electron chi connectivity index (χ2n) is 4.81. The van der Waals surface area contributed by atoms with E-state index in [9.17, 15) is 4.79 Å². The van der Waals surface area contributed by atoms with E-state index in [0.29, 0.717) is 12.1 Å². The SMILES string of the molecule is CN1CCN(c2ccccc2C#N)CC1CC(=O)O. The fraction of sp³-hybridized carbons (Fsp3) is 0.429. The minimum absolute atomic E-state index is 0.0157. The Balaban J connectivity index is 2.18. The number of carbonyl (C=O) groups is 1. The van der Waals surface area contributed by atoms with E-state index in [2.05, 4.69) is 15.9 Å². The van der Waals surface area contributed by atoms with Gasteiger partial charge >= 0.3 is 5.97 Å². The lowest BCUT2D eigenvalue weighted by Crippen LogP contribution is -2.52. The van der Waals surface area contributed by atoms with Gasteiger partial charge in [0, 0.05) is 25.7 Å². The lowest BCUT2D eigenvalue weighted by molar-refractivity contribution is -0.138. The van der Waals surface area contributed by atoms with Crippen LogP contribution in [0.15, 0.2) is 24.3 Å². The van der Waals surface area contributed by atoms with Crippen molar-refractivity contribution in [2.24, 2.45) is 0 Å². The van der Waals surface area contributed by atoms with Gasteiger partial charge in [0.05, 0.1) is 17.7 Å². The molecule has 5 nitrogen and oxygen atoms in total. The molecule has 0 spiro atoms. The molecule has 2 rings (SSSR count). The van der Waals surface area contributed by atoms with E-state index < -0.39 is 5.97 Å². The molecular formula is C14H17N3O2. The van der Waals surface area contributed by atoms with Crippen LogP contribution in [-0.2, 0) is 4.79 Å². The highest BCUT2D eigenvalue weighted by atomic mass is 16.4. The molecule has 1 atom stereocenters. The zero-order valence-corrected chi connectivity index (χ0v) is 10.9. The lowest BCUT2D eigenvalue weighted by Gasteiger charge is -2.40. The number of nitriles is 1. The third-order valence-electron chi connectivity index (χ3n) is 3.55. The van der Waals surface area contributed by atoms with Crippen LogP contribution >= 0.6 is 0 Å². The maximum Gasteiger partial charge on any atom is 0.305 e. The van der Waals surface area contributed by atoms with Crippen molar-refractivity contribution in [3.63, 3.8) is 0 Å². The first kappa shape index (κ1) is 13.4. The molecule has 19 heavy (non-hydrogen) atoms. The number of likely N-dealkylation sites (N-methyl/N-ethyl adjacent to an activating group) is 1. The molecule has 1 aliphatic heterocycles. The highest BCUT2D eigenvalue weighted by molar-refractivity contribution is 5.68. The molecule has 5 heteroatoms. The number of anilines is 1. The van der Waals surface area contributed by atoms with Crippen LogP contribution in [0, 0.1) is 11.3 Å². The molecule has 0 aromatic heterocycles. The monoisotopic (exact) mass is 259 g/mol. The summed E-state index contributed by atoms with van der Waals surface area (Å²) in [6, 6.07) is 9.63. The zero-order chi connectivity index (χ0) is 13.8. The van der Waals surface area contributed by atoms with Crippen molar-refractivity contribution in [3.05, 3.63) is 29.8 Å². The van der Waals surface area contributed by atoms with Crippen molar-refractivity contribution in [1.82, 2.24) is 4.90 Å². The van der Waals surface area contributed by atoms with Crippen LogP contribution in [0.5, 0.6) is 0 Å². The van der Waals surface area contributed by atoms with Crippen LogP contribution in [-0.4, -0.2) is 48.7 Å². The van der Waals surface area contributed by atoms with Gasteiger partial charge in [-0.25, -0.2) is 0 Å². The largest absolute Gasteiger partial charge is 0.481 e. The lowest BCUT2D eigenvalue weighted by atomic mass is 10.1. The van der Waals surface area contributed by atoms with E-state index in [1.807, 2.05) is 25.2 Å². The van der Waals surface area contributed by atoms with Crippen molar-refractivity contribution in [3.8, 4) is 6.07 Å². The quantitative estimate of drug-likeness (QED) is 0.882. The van der Waals surface area contributed by atoms with Crippen LogP contribution in [0.25, 0.3) is 0 Å². The molecule has 0 radical (unpaired) electrons. The summed E-state index contributed by atoms with van der Waals surface area (Å²) in [4.78, 5) is 15.1. The van der Waals surface area contributed by atoms with Crippen LogP contribution in [0.1, 0.15) is 12.0 Å². The molecule has 1 aromatic carbocycles. The van der Waals surface area contributed by atoms with Crippen molar-refractivity contribution in [1.29, 1.82) is 5.26 Å². The van der Waals surface area contributed by atoms with E-state index in [0.717, 1.165) is 18.8 Å².